The zero-order valence-corrected chi connectivity index (χ0v) is 9.45. The van der Waals surface area contributed by atoms with Gasteiger partial charge in [0.25, 0.3) is 0 Å². The summed E-state index contributed by atoms with van der Waals surface area (Å²) >= 11 is 0. The molecule has 0 saturated heterocycles. The first kappa shape index (κ1) is 9.90. The normalized spacial score (nSPS) is 10.9. The maximum atomic E-state index is 11.1. The van der Waals surface area contributed by atoms with Gasteiger partial charge in [0.1, 0.15) is 0 Å². The summed E-state index contributed by atoms with van der Waals surface area (Å²) in [4.78, 5) is 14.5. The van der Waals surface area contributed by atoms with Gasteiger partial charge in [-0.15, -0.1) is 0 Å². The van der Waals surface area contributed by atoms with E-state index in [1.807, 2.05) is 30.3 Å². The second-order valence-electron chi connectivity index (χ2n) is 4.08. The van der Waals surface area contributed by atoms with E-state index >= 15 is 0 Å². The van der Waals surface area contributed by atoms with Crippen molar-refractivity contribution in [3.05, 3.63) is 42.5 Å². The molecule has 0 aliphatic rings. The van der Waals surface area contributed by atoms with Crippen molar-refractivity contribution in [1.82, 2.24) is 4.98 Å². The van der Waals surface area contributed by atoms with Crippen LogP contribution < -0.4 is 5.32 Å². The van der Waals surface area contributed by atoms with Crippen molar-refractivity contribution in [2.24, 2.45) is 0 Å². The van der Waals surface area contributed by atoms with E-state index in [2.05, 4.69) is 22.4 Å². The number of aromatic amines is 1. The molecule has 84 valence electrons. The van der Waals surface area contributed by atoms with Gasteiger partial charge in [0.05, 0.1) is 11.2 Å². The Kier molecular flexibility index (Phi) is 2.11. The van der Waals surface area contributed by atoms with E-state index in [4.69, 9.17) is 0 Å². The molecule has 3 rings (SSSR count). The van der Waals surface area contributed by atoms with Gasteiger partial charge in [0.15, 0.2) is 0 Å². The number of carbonyl (C=O) groups excluding carboxylic acids is 1. The Morgan fingerprint density at radius 1 is 1.06 bits per heavy atom. The molecule has 2 N–H and O–H groups in total. The van der Waals surface area contributed by atoms with Gasteiger partial charge in [-0.1, -0.05) is 30.3 Å². The van der Waals surface area contributed by atoms with E-state index < -0.39 is 0 Å². The van der Waals surface area contributed by atoms with Crippen LogP contribution in [0.5, 0.6) is 0 Å². The summed E-state index contributed by atoms with van der Waals surface area (Å²) in [6.07, 6.45) is 0. The minimum absolute atomic E-state index is 0.0591. The molecule has 3 aromatic rings. The lowest BCUT2D eigenvalue weighted by atomic mass is 10.1. The van der Waals surface area contributed by atoms with Crippen LogP contribution in [0.4, 0.5) is 5.69 Å². The van der Waals surface area contributed by atoms with Crippen molar-refractivity contribution in [2.75, 3.05) is 5.32 Å². The minimum atomic E-state index is -0.0591. The van der Waals surface area contributed by atoms with Gasteiger partial charge in [0, 0.05) is 23.2 Å². The number of H-pyrrole nitrogens is 1. The molecule has 1 aromatic heterocycles. The van der Waals surface area contributed by atoms with Crippen molar-refractivity contribution in [3.63, 3.8) is 0 Å². The second-order valence-corrected chi connectivity index (χ2v) is 4.08. The molecule has 3 heteroatoms. The number of carbonyl (C=O) groups is 1. The highest BCUT2D eigenvalue weighted by atomic mass is 16.1. The average molecular weight is 224 g/mol. The molecule has 0 saturated carbocycles. The summed E-state index contributed by atoms with van der Waals surface area (Å²) < 4.78 is 0. The number of benzene rings is 2. The molecule has 2 aromatic carbocycles. The number of rotatable bonds is 1. The number of amides is 1. The summed E-state index contributed by atoms with van der Waals surface area (Å²) in [6.45, 7) is 1.52. The Bertz CT molecular complexity index is 712. The van der Waals surface area contributed by atoms with Gasteiger partial charge in [-0.2, -0.15) is 0 Å². The highest BCUT2D eigenvalue weighted by Gasteiger charge is 2.07. The summed E-state index contributed by atoms with van der Waals surface area (Å²) in [5.41, 5.74) is 2.88. The Morgan fingerprint density at radius 3 is 2.65 bits per heavy atom. The zero-order valence-electron chi connectivity index (χ0n) is 9.45. The van der Waals surface area contributed by atoms with E-state index in [-0.39, 0.29) is 5.91 Å². The molecule has 0 atom stereocenters. The van der Waals surface area contributed by atoms with Crippen LogP contribution in [0, 0.1) is 0 Å². The van der Waals surface area contributed by atoms with E-state index in [0.717, 1.165) is 22.1 Å². The highest BCUT2D eigenvalue weighted by Crippen LogP contribution is 2.29. The number of hydrogen-bond acceptors (Lipinski definition) is 1. The smallest absolute Gasteiger partial charge is 0.221 e. The molecule has 0 spiro atoms. The summed E-state index contributed by atoms with van der Waals surface area (Å²) in [5.74, 6) is -0.0591. The monoisotopic (exact) mass is 224 g/mol. The Balaban J connectivity index is 2.35. The molecule has 3 nitrogen and oxygen atoms in total. The third kappa shape index (κ3) is 1.56. The van der Waals surface area contributed by atoms with Crippen molar-refractivity contribution in [2.45, 2.75) is 6.92 Å². The van der Waals surface area contributed by atoms with Gasteiger partial charge in [-0.25, -0.2) is 0 Å². The van der Waals surface area contributed by atoms with Crippen molar-refractivity contribution in [3.8, 4) is 0 Å². The number of aromatic nitrogens is 1. The summed E-state index contributed by atoms with van der Waals surface area (Å²) in [7, 11) is 0. The first-order valence-corrected chi connectivity index (χ1v) is 5.53. The molecule has 1 amide bonds. The van der Waals surface area contributed by atoms with Crippen LogP contribution in [0.2, 0.25) is 0 Å². The Labute approximate surface area is 98.4 Å². The lowest BCUT2D eigenvalue weighted by Gasteiger charge is -2.02. The van der Waals surface area contributed by atoms with Gasteiger partial charge in [-0.05, 0) is 12.1 Å². The molecular weight excluding hydrogens is 212 g/mol. The van der Waals surface area contributed by atoms with Crippen LogP contribution in [0.15, 0.2) is 42.5 Å². The Hall–Kier alpha value is -2.29. The second kappa shape index (κ2) is 3.63. The van der Waals surface area contributed by atoms with Crippen LogP contribution in [-0.2, 0) is 4.79 Å². The van der Waals surface area contributed by atoms with Crippen molar-refractivity contribution < 1.29 is 4.79 Å². The standard InChI is InChI=1S/C14H12N2O/c1-9(17)15-13-8-4-6-11-10-5-2-3-7-12(10)16-14(11)13/h2-8,16H,1H3,(H,15,17). The maximum absolute atomic E-state index is 11.1. The quantitative estimate of drug-likeness (QED) is 0.654. The Morgan fingerprint density at radius 2 is 1.82 bits per heavy atom. The fraction of sp³-hybridized carbons (Fsp3) is 0.0714. The fourth-order valence-electron chi connectivity index (χ4n) is 2.17. The van der Waals surface area contributed by atoms with E-state index in [1.54, 1.807) is 0 Å². The van der Waals surface area contributed by atoms with Gasteiger partial charge >= 0.3 is 0 Å². The van der Waals surface area contributed by atoms with Gasteiger partial charge in [-0.3, -0.25) is 4.79 Å². The van der Waals surface area contributed by atoms with Crippen LogP contribution in [-0.4, -0.2) is 10.9 Å². The number of nitrogens with one attached hydrogen (secondary N) is 2. The highest BCUT2D eigenvalue weighted by molar-refractivity contribution is 6.12. The van der Waals surface area contributed by atoms with Crippen molar-refractivity contribution in [1.29, 1.82) is 0 Å². The molecule has 0 fully saturated rings. The third-order valence-corrected chi connectivity index (χ3v) is 2.85. The lowest BCUT2D eigenvalue weighted by Crippen LogP contribution is -2.05. The zero-order chi connectivity index (χ0) is 11.8. The molecule has 0 unspecified atom stereocenters. The predicted molar refractivity (Wildman–Crippen MR) is 70.1 cm³/mol. The predicted octanol–water partition coefficient (Wildman–Crippen LogP) is 3.28. The molecule has 0 aliphatic heterocycles. The molecule has 0 radical (unpaired) electrons. The van der Waals surface area contributed by atoms with E-state index in [1.165, 1.54) is 12.3 Å². The van der Waals surface area contributed by atoms with E-state index in [9.17, 15) is 4.79 Å². The van der Waals surface area contributed by atoms with Gasteiger partial charge in [0.2, 0.25) is 5.91 Å². The molecular formula is C14H12N2O. The fourth-order valence-corrected chi connectivity index (χ4v) is 2.17. The largest absolute Gasteiger partial charge is 0.353 e. The number of fused-ring (bicyclic) bond motifs is 3. The van der Waals surface area contributed by atoms with Crippen LogP contribution >= 0.6 is 0 Å². The summed E-state index contributed by atoms with van der Waals surface area (Å²) in [5, 5.41) is 5.15. The SMILES string of the molecule is CC(=O)Nc1cccc2c1[nH]c1ccccc12. The van der Waals surface area contributed by atoms with Crippen LogP contribution in [0.25, 0.3) is 21.8 Å². The lowest BCUT2D eigenvalue weighted by molar-refractivity contribution is -0.114. The number of anilines is 1. The number of para-hydroxylation sites is 2. The molecule has 1 heterocycles. The average Bonchev–Trinajstić information content (AvgIpc) is 2.68. The minimum Gasteiger partial charge on any atom is -0.353 e. The van der Waals surface area contributed by atoms with Crippen molar-refractivity contribution >= 4 is 33.4 Å². The molecule has 0 bridgehead atoms. The maximum Gasteiger partial charge on any atom is 0.221 e. The number of hydrogen-bond donors (Lipinski definition) is 2. The third-order valence-electron chi connectivity index (χ3n) is 2.85. The molecule has 17 heavy (non-hydrogen) atoms. The topological polar surface area (TPSA) is 44.9 Å². The summed E-state index contributed by atoms with van der Waals surface area (Å²) in [6, 6.07) is 14.0. The van der Waals surface area contributed by atoms with Gasteiger partial charge < -0.3 is 10.3 Å². The van der Waals surface area contributed by atoms with Crippen LogP contribution in [0.3, 0.4) is 0 Å². The van der Waals surface area contributed by atoms with E-state index in [0.29, 0.717) is 0 Å². The first-order valence-electron chi connectivity index (χ1n) is 5.53. The molecule has 0 aliphatic carbocycles. The van der Waals surface area contributed by atoms with Crippen LogP contribution in [0.1, 0.15) is 6.92 Å². The first-order chi connectivity index (χ1) is 8.25.